The average molecular weight is 751 g/mol. The lowest BCUT2D eigenvalue weighted by Gasteiger charge is -2.27. The molecule has 4 aromatic heterocycles. The molecule has 4 aromatic rings. The van der Waals surface area contributed by atoms with E-state index in [4.69, 9.17) is 27.5 Å². The second-order valence-electron chi connectivity index (χ2n) is 14.8. The van der Waals surface area contributed by atoms with Crippen LogP contribution in [0.2, 0.25) is 5.15 Å². The standard InChI is InChI=1S/C17H23N3OS.C11H11ClN2S.C6H13NO.C3H8O.FH/c1-10-5-6-14-13(7-10)15-16(18-9-19-17(15)22-14)20-11-3-2-4-12(21)8-11;1-6-2-3-8-7(4-6)9-10(12)13-5-14-11(9)15-8;7-5-2-1-3-6(8)4-5;1-3(2)4;/h9-12,21H,2-8H2,1H3,(H,18,19,20);5-6H,2-4H2,1H3;5-6,8H,1-4,7H2;3-4H,1-2H3;1H. The first-order chi connectivity index (χ1) is 23.5. The Bertz CT molecular complexity index is 1640. The number of fused-ring (bicyclic) bond motifs is 6. The van der Waals surface area contributed by atoms with Gasteiger partial charge in [-0.3, -0.25) is 4.70 Å². The van der Waals surface area contributed by atoms with Crippen molar-refractivity contribution in [3.63, 3.8) is 0 Å². The number of hydrogen-bond acceptors (Lipinski definition) is 11. The molecule has 6 N–H and O–H groups in total. The topological polar surface area (TPSA) is 150 Å². The molecule has 0 radical (unpaired) electrons. The smallest absolute Gasteiger partial charge is 0.141 e. The number of hydrogen-bond donors (Lipinski definition) is 5. The van der Waals surface area contributed by atoms with Crippen molar-refractivity contribution in [2.75, 3.05) is 5.32 Å². The van der Waals surface area contributed by atoms with Gasteiger partial charge in [0.2, 0.25) is 0 Å². The summed E-state index contributed by atoms with van der Waals surface area (Å²) >= 11 is 9.76. The molecule has 0 aliphatic heterocycles. The van der Waals surface area contributed by atoms with Crippen molar-refractivity contribution in [2.24, 2.45) is 17.6 Å². The van der Waals surface area contributed by atoms with Gasteiger partial charge in [0.25, 0.3) is 0 Å². The summed E-state index contributed by atoms with van der Waals surface area (Å²) in [4.78, 5) is 22.5. The zero-order chi connectivity index (χ0) is 35.1. The maximum Gasteiger partial charge on any atom is 0.141 e. The third-order valence-electron chi connectivity index (χ3n) is 9.80. The van der Waals surface area contributed by atoms with Crippen LogP contribution in [-0.4, -0.2) is 65.7 Å². The van der Waals surface area contributed by atoms with Crippen molar-refractivity contribution >= 4 is 60.5 Å². The van der Waals surface area contributed by atoms with Gasteiger partial charge in [-0.15, -0.1) is 22.7 Å². The van der Waals surface area contributed by atoms with Crippen LogP contribution in [0.5, 0.6) is 0 Å². The zero-order valence-corrected chi connectivity index (χ0v) is 32.3. The van der Waals surface area contributed by atoms with Gasteiger partial charge in [0.15, 0.2) is 0 Å². The van der Waals surface area contributed by atoms with Crippen LogP contribution in [0.1, 0.15) is 113 Å². The number of nitrogens with zero attached hydrogens (tertiary/aromatic N) is 4. The predicted octanol–water partition coefficient (Wildman–Crippen LogP) is 7.79. The summed E-state index contributed by atoms with van der Waals surface area (Å²) in [5.74, 6) is 2.48. The van der Waals surface area contributed by atoms with Crippen molar-refractivity contribution in [2.45, 2.75) is 148 Å². The van der Waals surface area contributed by atoms with E-state index in [9.17, 15) is 5.11 Å². The molecule has 0 spiro atoms. The van der Waals surface area contributed by atoms with Gasteiger partial charge in [0, 0.05) is 27.9 Å². The number of rotatable bonds is 2. The molecule has 13 heteroatoms. The van der Waals surface area contributed by atoms with Gasteiger partial charge in [-0.2, -0.15) is 0 Å². The van der Waals surface area contributed by atoms with Gasteiger partial charge in [0.05, 0.1) is 23.0 Å². The number of nitrogens with two attached hydrogens (primary N) is 1. The van der Waals surface area contributed by atoms with Crippen molar-refractivity contribution in [3.05, 3.63) is 38.7 Å². The minimum Gasteiger partial charge on any atom is -0.394 e. The Balaban J connectivity index is 0.000000173. The molecular formula is C37H56ClFN6O3S2. The highest BCUT2D eigenvalue weighted by molar-refractivity contribution is 7.19. The second kappa shape index (κ2) is 19.1. The van der Waals surface area contributed by atoms with Gasteiger partial charge in [-0.05, 0) is 127 Å². The fourth-order valence-corrected chi connectivity index (χ4v) is 10.00. The maximum atomic E-state index is 9.89. The van der Waals surface area contributed by atoms with Gasteiger partial charge in [-0.1, -0.05) is 25.4 Å². The Hall–Kier alpha value is -2.06. The third-order valence-corrected chi connectivity index (χ3v) is 12.5. The van der Waals surface area contributed by atoms with Gasteiger partial charge in [0.1, 0.15) is 33.3 Å². The highest BCUT2D eigenvalue weighted by atomic mass is 35.5. The van der Waals surface area contributed by atoms with E-state index < -0.39 is 0 Å². The summed E-state index contributed by atoms with van der Waals surface area (Å²) < 4.78 is 0. The first-order valence-corrected chi connectivity index (χ1v) is 20.2. The Morgan fingerprint density at radius 2 is 1.30 bits per heavy atom. The first kappa shape index (κ1) is 40.7. The van der Waals surface area contributed by atoms with Crippen LogP contribution in [0.4, 0.5) is 10.5 Å². The van der Waals surface area contributed by atoms with Crippen molar-refractivity contribution in [1.82, 2.24) is 19.9 Å². The summed E-state index contributed by atoms with van der Waals surface area (Å²) in [6.45, 7) is 8.07. The summed E-state index contributed by atoms with van der Waals surface area (Å²) in [6.07, 6.45) is 17.9. The Morgan fingerprint density at radius 3 is 1.84 bits per heavy atom. The van der Waals surface area contributed by atoms with Gasteiger partial charge < -0.3 is 26.4 Å². The third kappa shape index (κ3) is 11.0. The van der Waals surface area contributed by atoms with Crippen molar-refractivity contribution in [1.29, 1.82) is 0 Å². The minimum atomic E-state index is -0.167. The molecule has 2 saturated carbocycles. The quantitative estimate of drug-likeness (QED) is 0.129. The molecule has 9 nitrogen and oxygen atoms in total. The monoisotopic (exact) mass is 750 g/mol. The lowest BCUT2D eigenvalue weighted by Crippen LogP contribution is -2.30. The largest absolute Gasteiger partial charge is 0.394 e. The lowest BCUT2D eigenvalue weighted by molar-refractivity contribution is 0.120. The molecule has 6 atom stereocenters. The molecule has 50 heavy (non-hydrogen) atoms. The molecule has 0 aromatic carbocycles. The van der Waals surface area contributed by atoms with Crippen LogP contribution in [0.3, 0.4) is 0 Å². The fraction of sp³-hybridized carbons (Fsp3) is 0.676. The fourth-order valence-electron chi connectivity index (χ4n) is 7.32. The van der Waals surface area contributed by atoms with Crippen LogP contribution >= 0.6 is 34.3 Å². The van der Waals surface area contributed by atoms with Gasteiger partial charge in [-0.25, -0.2) is 19.9 Å². The molecule has 4 aliphatic carbocycles. The minimum absolute atomic E-state index is 0. The first-order valence-electron chi connectivity index (χ1n) is 18.2. The van der Waals surface area contributed by atoms with E-state index in [1.165, 1.54) is 52.0 Å². The Morgan fingerprint density at radius 1 is 0.780 bits per heavy atom. The molecule has 278 valence electrons. The van der Waals surface area contributed by atoms with E-state index in [0.29, 0.717) is 11.2 Å². The Kier molecular flexibility index (Phi) is 15.6. The van der Waals surface area contributed by atoms with Crippen LogP contribution in [0.15, 0.2) is 12.7 Å². The summed E-state index contributed by atoms with van der Waals surface area (Å²) in [5, 5.41) is 33.5. The van der Waals surface area contributed by atoms with Crippen molar-refractivity contribution in [3.8, 4) is 0 Å². The summed E-state index contributed by atoms with van der Waals surface area (Å²) in [7, 11) is 0. The lowest BCUT2D eigenvalue weighted by atomic mass is 9.88. The van der Waals surface area contributed by atoms with E-state index in [0.717, 1.165) is 96.9 Å². The predicted molar refractivity (Wildman–Crippen MR) is 206 cm³/mol. The summed E-state index contributed by atoms with van der Waals surface area (Å²) in [6, 6.07) is 0.595. The molecule has 4 aliphatic rings. The van der Waals surface area contributed by atoms with Crippen LogP contribution in [0.25, 0.3) is 20.4 Å². The molecule has 6 unspecified atom stereocenters. The number of aliphatic hydroxyl groups is 3. The maximum absolute atomic E-state index is 9.89. The molecule has 2 fully saturated rings. The molecule has 8 rings (SSSR count). The van der Waals surface area contributed by atoms with E-state index in [1.54, 1.807) is 37.8 Å². The number of aliphatic hydroxyl groups excluding tert-OH is 3. The van der Waals surface area contributed by atoms with Crippen molar-refractivity contribution < 1.29 is 20.0 Å². The number of nitrogens with one attached hydrogen (secondary N) is 1. The molecule has 0 amide bonds. The highest BCUT2D eigenvalue weighted by Gasteiger charge is 2.26. The van der Waals surface area contributed by atoms with E-state index in [2.05, 4.69) is 39.1 Å². The number of aryl methyl sites for hydroxylation is 2. The summed E-state index contributed by atoms with van der Waals surface area (Å²) in [5.41, 5.74) is 8.44. The van der Waals surface area contributed by atoms with Gasteiger partial charge >= 0.3 is 0 Å². The number of thiophene rings is 2. The molecule has 4 heterocycles. The molecule has 0 bridgehead atoms. The van der Waals surface area contributed by atoms with Crippen LogP contribution in [0, 0.1) is 11.8 Å². The second-order valence-corrected chi connectivity index (χ2v) is 17.3. The normalized spacial score (nSPS) is 25.8. The number of aromatic nitrogens is 4. The Labute approximate surface area is 308 Å². The van der Waals surface area contributed by atoms with E-state index >= 15 is 0 Å². The molecule has 0 saturated heterocycles. The van der Waals surface area contributed by atoms with E-state index in [1.807, 2.05) is 11.3 Å². The number of anilines is 1. The van der Waals surface area contributed by atoms with Crippen LogP contribution < -0.4 is 11.1 Å². The molecular weight excluding hydrogens is 695 g/mol. The number of halogens is 2. The SMILES string of the molecule is CC(C)O.CC1CCc2sc3ncnc(Cl)c3c2C1.CC1CCc2sc3ncnc(NC4CCCC(O)C4)c3c2C1.F.NC1CCCC(O)C1. The zero-order valence-electron chi connectivity index (χ0n) is 29.9. The highest BCUT2D eigenvalue weighted by Crippen LogP contribution is 2.41. The van der Waals surface area contributed by atoms with E-state index in [-0.39, 0.29) is 29.1 Å². The average Bonchev–Trinajstić information content (AvgIpc) is 3.60. The van der Waals surface area contributed by atoms with Crippen LogP contribution in [-0.2, 0) is 25.7 Å².